The van der Waals surface area contributed by atoms with Gasteiger partial charge in [0.2, 0.25) is 5.91 Å². The Balaban J connectivity index is 1.75. The van der Waals surface area contributed by atoms with E-state index >= 15 is 0 Å². The fraction of sp³-hybridized carbons (Fsp3) is 0.154. The van der Waals surface area contributed by atoms with Gasteiger partial charge in [-0.2, -0.15) is 0 Å². The zero-order valence-corrected chi connectivity index (χ0v) is 12.8. The molecule has 0 unspecified atom stereocenters. The van der Waals surface area contributed by atoms with Crippen LogP contribution in [0.3, 0.4) is 0 Å². The van der Waals surface area contributed by atoms with Crippen LogP contribution in [0.2, 0.25) is 0 Å². The number of hydrogen-bond acceptors (Lipinski definition) is 4. The van der Waals surface area contributed by atoms with Crippen molar-refractivity contribution in [3.05, 3.63) is 46.2 Å². The number of thiazole rings is 1. The second-order valence-electron chi connectivity index (χ2n) is 4.17. The van der Waals surface area contributed by atoms with Crippen LogP contribution < -0.4 is 16.2 Å². The Labute approximate surface area is 130 Å². The summed E-state index contributed by atoms with van der Waals surface area (Å²) in [5, 5.41) is 5.78. The first-order chi connectivity index (χ1) is 10.0. The molecular formula is C13H13FN4OS2. The van der Waals surface area contributed by atoms with E-state index in [2.05, 4.69) is 21.2 Å². The van der Waals surface area contributed by atoms with Crippen LogP contribution in [0.4, 0.5) is 10.1 Å². The number of anilines is 1. The molecule has 0 spiro atoms. The molecule has 5 nitrogen and oxygen atoms in total. The molecule has 0 bridgehead atoms. The van der Waals surface area contributed by atoms with Crippen LogP contribution in [0, 0.1) is 12.7 Å². The van der Waals surface area contributed by atoms with Gasteiger partial charge in [0, 0.05) is 11.1 Å². The predicted octanol–water partition coefficient (Wildman–Crippen LogP) is 2.15. The summed E-state index contributed by atoms with van der Waals surface area (Å²) in [5.74, 6) is -0.574. The van der Waals surface area contributed by atoms with E-state index in [0.717, 1.165) is 5.01 Å². The van der Waals surface area contributed by atoms with E-state index in [0.29, 0.717) is 11.4 Å². The quantitative estimate of drug-likeness (QED) is 0.596. The van der Waals surface area contributed by atoms with Gasteiger partial charge in [-0.25, -0.2) is 9.37 Å². The molecule has 0 saturated carbocycles. The molecular weight excluding hydrogens is 311 g/mol. The van der Waals surface area contributed by atoms with Crippen molar-refractivity contribution in [1.29, 1.82) is 0 Å². The molecule has 2 aromatic rings. The Morgan fingerprint density at radius 2 is 2.05 bits per heavy atom. The van der Waals surface area contributed by atoms with Crippen LogP contribution in [0.25, 0.3) is 0 Å². The molecule has 0 aliphatic heterocycles. The van der Waals surface area contributed by atoms with E-state index in [4.69, 9.17) is 12.2 Å². The van der Waals surface area contributed by atoms with Gasteiger partial charge in [-0.1, -0.05) is 0 Å². The number of carbonyl (C=O) groups excluding carboxylic acids is 1. The van der Waals surface area contributed by atoms with Gasteiger partial charge in [0.25, 0.3) is 0 Å². The highest BCUT2D eigenvalue weighted by atomic mass is 32.1. The maximum absolute atomic E-state index is 12.7. The van der Waals surface area contributed by atoms with E-state index in [1.54, 1.807) is 12.1 Å². The van der Waals surface area contributed by atoms with Gasteiger partial charge in [0.15, 0.2) is 5.11 Å². The van der Waals surface area contributed by atoms with Crippen molar-refractivity contribution in [3.8, 4) is 0 Å². The van der Waals surface area contributed by atoms with Gasteiger partial charge in [-0.3, -0.25) is 15.6 Å². The maximum Gasteiger partial charge on any atom is 0.244 e. The largest absolute Gasteiger partial charge is 0.331 e. The first-order valence-electron chi connectivity index (χ1n) is 6.05. The van der Waals surface area contributed by atoms with Crippen LogP contribution in [0.1, 0.15) is 10.7 Å². The highest BCUT2D eigenvalue weighted by molar-refractivity contribution is 7.80. The third-order valence-electron chi connectivity index (χ3n) is 2.43. The Hall–Kier alpha value is -2.06. The van der Waals surface area contributed by atoms with Gasteiger partial charge in [-0.05, 0) is 43.4 Å². The van der Waals surface area contributed by atoms with Crippen molar-refractivity contribution in [2.45, 2.75) is 13.3 Å². The molecule has 0 fully saturated rings. The molecule has 0 atom stereocenters. The minimum Gasteiger partial charge on any atom is -0.331 e. The normalized spacial score (nSPS) is 10.0. The first-order valence-corrected chi connectivity index (χ1v) is 7.34. The van der Waals surface area contributed by atoms with Crippen LogP contribution in [-0.4, -0.2) is 16.0 Å². The van der Waals surface area contributed by atoms with E-state index in [1.165, 1.54) is 23.5 Å². The molecule has 3 N–H and O–H groups in total. The number of amides is 1. The summed E-state index contributed by atoms with van der Waals surface area (Å²) < 4.78 is 12.7. The fourth-order valence-corrected chi connectivity index (χ4v) is 2.30. The van der Waals surface area contributed by atoms with Crippen molar-refractivity contribution in [3.63, 3.8) is 0 Å². The Morgan fingerprint density at radius 3 is 2.67 bits per heavy atom. The minimum atomic E-state index is -0.328. The van der Waals surface area contributed by atoms with Crippen molar-refractivity contribution < 1.29 is 9.18 Å². The van der Waals surface area contributed by atoms with E-state index in [-0.39, 0.29) is 23.3 Å². The molecule has 1 aromatic carbocycles. The highest BCUT2D eigenvalue weighted by Crippen LogP contribution is 2.08. The number of aryl methyl sites for hydroxylation is 1. The number of benzene rings is 1. The van der Waals surface area contributed by atoms with Crippen molar-refractivity contribution in [2.24, 2.45) is 0 Å². The van der Waals surface area contributed by atoms with Crippen molar-refractivity contribution in [2.75, 3.05) is 5.32 Å². The number of nitrogens with zero attached hydrogens (tertiary/aromatic N) is 1. The lowest BCUT2D eigenvalue weighted by atomic mass is 10.3. The number of carbonyl (C=O) groups is 1. The molecule has 0 radical (unpaired) electrons. The molecule has 1 aromatic heterocycles. The summed E-state index contributed by atoms with van der Waals surface area (Å²) in [5.41, 5.74) is 6.39. The van der Waals surface area contributed by atoms with Crippen LogP contribution in [-0.2, 0) is 11.2 Å². The molecule has 0 aliphatic rings. The zero-order chi connectivity index (χ0) is 15.2. The molecule has 0 saturated heterocycles. The number of rotatable bonds is 3. The van der Waals surface area contributed by atoms with Crippen LogP contribution in [0.5, 0.6) is 0 Å². The summed E-state index contributed by atoms with van der Waals surface area (Å²) in [6, 6.07) is 5.72. The third kappa shape index (κ3) is 5.09. The standard InChI is InChI=1S/C13H13FN4OS2/c1-8-15-11(7-21-8)6-12(19)17-18-13(20)16-10-4-2-9(14)3-5-10/h2-5,7H,6H2,1H3,(H,17,19)(H2,16,18,20). The zero-order valence-electron chi connectivity index (χ0n) is 11.1. The first kappa shape index (κ1) is 15.3. The second kappa shape index (κ2) is 7.09. The van der Waals surface area contributed by atoms with Crippen molar-refractivity contribution >= 4 is 40.3 Å². The van der Waals surface area contributed by atoms with E-state index < -0.39 is 0 Å². The number of hydrogen-bond donors (Lipinski definition) is 3. The lowest BCUT2D eigenvalue weighted by Gasteiger charge is -2.11. The molecule has 110 valence electrons. The lowest BCUT2D eigenvalue weighted by Crippen LogP contribution is -2.44. The van der Waals surface area contributed by atoms with Gasteiger partial charge in [0.05, 0.1) is 17.1 Å². The minimum absolute atomic E-state index is 0.177. The number of aromatic nitrogens is 1. The molecule has 1 amide bonds. The Kier molecular flexibility index (Phi) is 5.18. The average Bonchev–Trinajstić information content (AvgIpc) is 2.84. The smallest absolute Gasteiger partial charge is 0.244 e. The number of hydrazine groups is 1. The monoisotopic (exact) mass is 324 g/mol. The Morgan fingerprint density at radius 1 is 1.33 bits per heavy atom. The summed E-state index contributed by atoms with van der Waals surface area (Å²) >= 11 is 6.51. The fourth-order valence-electron chi connectivity index (χ4n) is 1.52. The van der Waals surface area contributed by atoms with Gasteiger partial charge in [-0.15, -0.1) is 11.3 Å². The second-order valence-corrected chi connectivity index (χ2v) is 5.64. The maximum atomic E-state index is 12.7. The number of nitrogens with one attached hydrogen (secondary N) is 3. The molecule has 0 aliphatic carbocycles. The summed E-state index contributed by atoms with van der Waals surface area (Å²) in [4.78, 5) is 15.9. The van der Waals surface area contributed by atoms with Crippen LogP contribution in [0.15, 0.2) is 29.6 Å². The lowest BCUT2D eigenvalue weighted by molar-refractivity contribution is -0.121. The molecule has 2 rings (SSSR count). The highest BCUT2D eigenvalue weighted by Gasteiger charge is 2.06. The third-order valence-corrected chi connectivity index (χ3v) is 3.45. The van der Waals surface area contributed by atoms with Gasteiger partial charge >= 0.3 is 0 Å². The molecule has 8 heteroatoms. The summed E-state index contributed by atoms with van der Waals surface area (Å²) in [6.45, 7) is 1.88. The molecule has 21 heavy (non-hydrogen) atoms. The summed E-state index contributed by atoms with van der Waals surface area (Å²) in [6.07, 6.45) is 0.177. The predicted molar refractivity (Wildman–Crippen MR) is 84.5 cm³/mol. The van der Waals surface area contributed by atoms with E-state index in [1.807, 2.05) is 12.3 Å². The summed E-state index contributed by atoms with van der Waals surface area (Å²) in [7, 11) is 0. The topological polar surface area (TPSA) is 66.0 Å². The average molecular weight is 324 g/mol. The molecule has 1 heterocycles. The van der Waals surface area contributed by atoms with E-state index in [9.17, 15) is 9.18 Å². The van der Waals surface area contributed by atoms with Crippen molar-refractivity contribution in [1.82, 2.24) is 15.8 Å². The van der Waals surface area contributed by atoms with Gasteiger partial charge < -0.3 is 5.32 Å². The number of halogens is 1. The number of thiocarbonyl (C=S) groups is 1. The SMILES string of the molecule is Cc1nc(CC(=O)NNC(=S)Nc2ccc(F)cc2)cs1. The Bertz CT molecular complexity index is 642. The van der Waals surface area contributed by atoms with Gasteiger partial charge in [0.1, 0.15) is 5.82 Å². The van der Waals surface area contributed by atoms with Crippen LogP contribution >= 0.6 is 23.6 Å².